The molecule has 0 aromatic carbocycles. The van der Waals surface area contributed by atoms with Crippen LogP contribution in [0, 0.1) is 0 Å². The highest BCUT2D eigenvalue weighted by molar-refractivity contribution is 7.16. The third kappa shape index (κ3) is 3.38. The van der Waals surface area contributed by atoms with Crippen molar-refractivity contribution in [2.75, 3.05) is 5.32 Å². The van der Waals surface area contributed by atoms with E-state index in [0.717, 1.165) is 17.2 Å². The largest absolute Gasteiger partial charge is 0.359 e. The number of aryl methyl sites for hydroxylation is 1. The van der Waals surface area contributed by atoms with Crippen LogP contribution in [0.15, 0.2) is 5.38 Å². The van der Waals surface area contributed by atoms with Gasteiger partial charge in [-0.3, -0.25) is 0 Å². The first-order chi connectivity index (χ1) is 9.31. The van der Waals surface area contributed by atoms with E-state index in [4.69, 9.17) is 9.97 Å². The Hall–Kier alpha value is -0.940. The Morgan fingerprint density at radius 2 is 1.95 bits per heavy atom. The predicted octanol–water partition coefficient (Wildman–Crippen LogP) is 4.95. The van der Waals surface area contributed by atoms with Gasteiger partial charge in [0, 0.05) is 16.8 Å². The van der Waals surface area contributed by atoms with Crippen LogP contribution in [0.3, 0.4) is 0 Å². The molecule has 0 atom stereocenters. The van der Waals surface area contributed by atoms with Crippen molar-refractivity contribution in [1.82, 2.24) is 9.97 Å². The second-order valence-electron chi connectivity index (χ2n) is 6.23. The minimum atomic E-state index is 0.0501. The van der Waals surface area contributed by atoms with Crippen LogP contribution in [0.25, 0.3) is 10.6 Å². The molecule has 0 aliphatic rings. The summed E-state index contributed by atoms with van der Waals surface area (Å²) in [5, 5.41) is 7.68. The zero-order valence-corrected chi connectivity index (χ0v) is 14.7. The number of aromatic nitrogens is 2. The van der Waals surface area contributed by atoms with Crippen molar-refractivity contribution in [3.63, 3.8) is 0 Å². The molecule has 2 rings (SSSR count). The first-order valence-electron chi connectivity index (χ1n) is 7.04. The molecule has 2 aromatic heterocycles. The lowest BCUT2D eigenvalue weighted by atomic mass is 9.91. The van der Waals surface area contributed by atoms with E-state index < -0.39 is 0 Å². The van der Waals surface area contributed by atoms with E-state index in [1.54, 1.807) is 22.7 Å². The topological polar surface area (TPSA) is 37.8 Å². The van der Waals surface area contributed by atoms with E-state index in [2.05, 4.69) is 52.2 Å². The van der Waals surface area contributed by atoms with E-state index in [1.165, 1.54) is 15.6 Å². The van der Waals surface area contributed by atoms with Crippen LogP contribution in [0.1, 0.15) is 52.2 Å². The Morgan fingerprint density at radius 1 is 1.25 bits per heavy atom. The smallest absolute Gasteiger partial charge is 0.183 e. The van der Waals surface area contributed by atoms with E-state index in [9.17, 15) is 0 Å². The SMILES string of the molecule is CCc1nc(C(C)(C)C)c(-c2csc(NC(C)C)n2)s1. The lowest BCUT2D eigenvalue weighted by Gasteiger charge is -2.16. The molecular formula is C15H23N3S2. The van der Waals surface area contributed by atoms with Gasteiger partial charge >= 0.3 is 0 Å². The van der Waals surface area contributed by atoms with Crippen molar-refractivity contribution in [1.29, 1.82) is 0 Å². The summed E-state index contributed by atoms with van der Waals surface area (Å²) in [4.78, 5) is 10.8. The van der Waals surface area contributed by atoms with Gasteiger partial charge in [0.05, 0.1) is 21.3 Å². The average Bonchev–Trinajstić information content (AvgIpc) is 2.92. The maximum atomic E-state index is 4.81. The molecule has 1 N–H and O–H groups in total. The highest BCUT2D eigenvalue weighted by Gasteiger charge is 2.25. The first kappa shape index (κ1) is 15.4. The van der Waals surface area contributed by atoms with Gasteiger partial charge in [0.2, 0.25) is 0 Å². The van der Waals surface area contributed by atoms with Crippen molar-refractivity contribution in [2.24, 2.45) is 0 Å². The molecule has 0 aliphatic heterocycles. The summed E-state index contributed by atoms with van der Waals surface area (Å²) in [6, 6.07) is 0.406. The van der Waals surface area contributed by atoms with Crippen LogP contribution in [0.2, 0.25) is 0 Å². The number of anilines is 1. The standard InChI is InChI=1S/C15H23N3S2/c1-7-11-18-13(15(4,5)6)12(20-11)10-8-19-14(17-10)16-9(2)3/h8-9H,7H2,1-6H3,(H,16,17). The molecule has 0 aliphatic carbocycles. The fourth-order valence-corrected chi connectivity index (χ4v) is 3.99. The molecule has 20 heavy (non-hydrogen) atoms. The van der Waals surface area contributed by atoms with Crippen molar-refractivity contribution in [3.8, 4) is 10.6 Å². The second-order valence-corrected chi connectivity index (χ2v) is 8.17. The molecule has 0 saturated carbocycles. The summed E-state index contributed by atoms with van der Waals surface area (Å²) in [5.41, 5.74) is 2.27. The van der Waals surface area contributed by atoms with Crippen molar-refractivity contribution >= 4 is 27.8 Å². The van der Waals surface area contributed by atoms with Gasteiger partial charge in [0.1, 0.15) is 0 Å². The fourth-order valence-electron chi connectivity index (χ4n) is 1.89. The van der Waals surface area contributed by atoms with Crippen LogP contribution in [-0.2, 0) is 11.8 Å². The molecule has 0 radical (unpaired) electrons. The number of thiazole rings is 2. The summed E-state index contributed by atoms with van der Waals surface area (Å²) >= 11 is 3.44. The molecule has 110 valence electrons. The Balaban J connectivity index is 2.41. The molecule has 0 spiro atoms. The number of nitrogens with zero attached hydrogens (tertiary/aromatic N) is 2. The zero-order chi connectivity index (χ0) is 14.9. The van der Waals surface area contributed by atoms with E-state index in [0.29, 0.717) is 6.04 Å². The molecule has 0 unspecified atom stereocenters. The van der Waals surface area contributed by atoms with Crippen LogP contribution >= 0.6 is 22.7 Å². The molecule has 0 fully saturated rings. The molecule has 3 nitrogen and oxygen atoms in total. The third-order valence-electron chi connectivity index (χ3n) is 2.83. The molecule has 0 amide bonds. The summed E-state index contributed by atoms with van der Waals surface area (Å²) < 4.78 is 0. The first-order valence-corrected chi connectivity index (χ1v) is 8.73. The number of nitrogens with one attached hydrogen (secondary N) is 1. The number of hydrogen-bond donors (Lipinski definition) is 1. The van der Waals surface area contributed by atoms with E-state index in [-0.39, 0.29) is 5.41 Å². The van der Waals surface area contributed by atoms with Crippen molar-refractivity contribution in [2.45, 2.75) is 59.4 Å². The summed E-state index contributed by atoms with van der Waals surface area (Å²) in [5.74, 6) is 0. The fraction of sp³-hybridized carbons (Fsp3) is 0.600. The van der Waals surface area contributed by atoms with Crippen LogP contribution < -0.4 is 5.32 Å². The molecule has 2 heterocycles. The summed E-state index contributed by atoms with van der Waals surface area (Å²) in [6.45, 7) is 13.1. The quantitative estimate of drug-likeness (QED) is 0.868. The van der Waals surface area contributed by atoms with Gasteiger partial charge in [-0.05, 0) is 20.3 Å². The Labute approximate surface area is 129 Å². The van der Waals surface area contributed by atoms with Gasteiger partial charge in [-0.1, -0.05) is 27.7 Å². The minimum absolute atomic E-state index is 0.0501. The van der Waals surface area contributed by atoms with Gasteiger partial charge < -0.3 is 5.32 Å². The Kier molecular flexibility index (Phi) is 4.49. The third-order valence-corrected chi connectivity index (χ3v) is 4.83. The lowest BCUT2D eigenvalue weighted by molar-refractivity contribution is 0.572. The highest BCUT2D eigenvalue weighted by Crippen LogP contribution is 2.38. The molecule has 2 aromatic rings. The maximum absolute atomic E-state index is 4.81. The van der Waals surface area contributed by atoms with Crippen LogP contribution in [-0.4, -0.2) is 16.0 Å². The van der Waals surface area contributed by atoms with E-state index in [1.807, 2.05) is 0 Å². The van der Waals surface area contributed by atoms with E-state index >= 15 is 0 Å². The Bertz CT molecular complexity index is 576. The number of rotatable bonds is 4. The Morgan fingerprint density at radius 3 is 2.50 bits per heavy atom. The molecule has 0 saturated heterocycles. The van der Waals surface area contributed by atoms with Gasteiger partial charge in [-0.2, -0.15) is 0 Å². The lowest BCUT2D eigenvalue weighted by Crippen LogP contribution is -2.13. The number of hydrogen-bond acceptors (Lipinski definition) is 5. The normalized spacial score (nSPS) is 12.2. The highest BCUT2D eigenvalue weighted by atomic mass is 32.1. The molecule has 5 heteroatoms. The van der Waals surface area contributed by atoms with Gasteiger partial charge in [0.25, 0.3) is 0 Å². The molecular weight excluding hydrogens is 286 g/mol. The van der Waals surface area contributed by atoms with Gasteiger partial charge in [0.15, 0.2) is 5.13 Å². The monoisotopic (exact) mass is 309 g/mol. The van der Waals surface area contributed by atoms with Gasteiger partial charge in [-0.15, -0.1) is 22.7 Å². The van der Waals surface area contributed by atoms with Crippen molar-refractivity contribution in [3.05, 3.63) is 16.1 Å². The predicted molar refractivity (Wildman–Crippen MR) is 90.1 cm³/mol. The summed E-state index contributed by atoms with van der Waals surface area (Å²) in [7, 11) is 0. The maximum Gasteiger partial charge on any atom is 0.183 e. The molecule has 0 bridgehead atoms. The average molecular weight is 310 g/mol. The van der Waals surface area contributed by atoms with Crippen LogP contribution in [0.4, 0.5) is 5.13 Å². The van der Waals surface area contributed by atoms with Gasteiger partial charge in [-0.25, -0.2) is 9.97 Å². The zero-order valence-electron chi connectivity index (χ0n) is 13.1. The summed E-state index contributed by atoms with van der Waals surface area (Å²) in [6.07, 6.45) is 0.981. The second kappa shape index (κ2) is 5.82. The minimum Gasteiger partial charge on any atom is -0.359 e. The van der Waals surface area contributed by atoms with Crippen LogP contribution in [0.5, 0.6) is 0 Å². The van der Waals surface area contributed by atoms with Crippen molar-refractivity contribution < 1.29 is 0 Å².